The molecule has 2 aromatic rings. The number of thiophene rings is 1. The van der Waals surface area contributed by atoms with Crippen LogP contribution in [0, 0.1) is 6.92 Å². The number of halogens is 3. The summed E-state index contributed by atoms with van der Waals surface area (Å²) < 4.78 is 1.81. The van der Waals surface area contributed by atoms with E-state index in [0.717, 1.165) is 18.8 Å². The van der Waals surface area contributed by atoms with Crippen molar-refractivity contribution in [3.8, 4) is 10.7 Å². The molecule has 2 nitrogen and oxygen atoms in total. The van der Waals surface area contributed by atoms with Crippen LogP contribution in [0.3, 0.4) is 0 Å². The van der Waals surface area contributed by atoms with Gasteiger partial charge >= 0.3 is 0 Å². The summed E-state index contributed by atoms with van der Waals surface area (Å²) in [7, 11) is 0. The molecule has 6 heteroatoms. The molecule has 0 saturated carbocycles. The Morgan fingerprint density at radius 2 is 2.00 bits per heavy atom. The van der Waals surface area contributed by atoms with Gasteiger partial charge in [-0.05, 0) is 50.9 Å². The van der Waals surface area contributed by atoms with E-state index in [9.17, 15) is 0 Å². The Kier molecular flexibility index (Phi) is 3.45. The molecule has 15 heavy (non-hydrogen) atoms. The van der Waals surface area contributed by atoms with Gasteiger partial charge in [0, 0.05) is 0 Å². The van der Waals surface area contributed by atoms with Crippen molar-refractivity contribution in [3.63, 3.8) is 0 Å². The summed E-state index contributed by atoms with van der Waals surface area (Å²) in [6.45, 7) is 1.89. The van der Waals surface area contributed by atoms with Gasteiger partial charge in [-0.1, -0.05) is 11.6 Å². The normalized spacial score (nSPS) is 10.7. The van der Waals surface area contributed by atoms with Crippen molar-refractivity contribution in [1.29, 1.82) is 0 Å². The lowest BCUT2D eigenvalue weighted by atomic mass is 10.4. The van der Waals surface area contributed by atoms with Crippen LogP contribution in [0.15, 0.2) is 20.4 Å². The molecule has 0 N–H and O–H groups in total. The van der Waals surface area contributed by atoms with Crippen molar-refractivity contribution in [2.45, 2.75) is 6.92 Å². The molecule has 2 aromatic heterocycles. The van der Waals surface area contributed by atoms with Crippen LogP contribution in [-0.4, -0.2) is 9.97 Å². The number of nitrogens with zero attached hydrogens (tertiary/aromatic N) is 2. The van der Waals surface area contributed by atoms with E-state index < -0.39 is 0 Å². The third-order valence-corrected chi connectivity index (χ3v) is 4.84. The smallest absolute Gasteiger partial charge is 0.171 e. The quantitative estimate of drug-likeness (QED) is 0.683. The number of aryl methyl sites for hydroxylation is 1. The molecule has 0 aliphatic carbocycles. The van der Waals surface area contributed by atoms with Gasteiger partial charge in [0.15, 0.2) is 5.82 Å². The van der Waals surface area contributed by atoms with E-state index in [1.54, 1.807) is 11.3 Å². The Morgan fingerprint density at radius 1 is 1.27 bits per heavy atom. The van der Waals surface area contributed by atoms with E-state index in [4.69, 9.17) is 11.6 Å². The van der Waals surface area contributed by atoms with Gasteiger partial charge in [0.25, 0.3) is 0 Å². The van der Waals surface area contributed by atoms with E-state index >= 15 is 0 Å². The fourth-order valence-corrected chi connectivity index (χ4v) is 2.78. The maximum Gasteiger partial charge on any atom is 0.171 e. The van der Waals surface area contributed by atoms with E-state index in [1.807, 2.05) is 19.1 Å². The van der Waals surface area contributed by atoms with Crippen LogP contribution in [-0.2, 0) is 0 Å². The van der Waals surface area contributed by atoms with E-state index in [-0.39, 0.29) is 0 Å². The summed E-state index contributed by atoms with van der Waals surface area (Å²) >= 11 is 14.3. The largest absolute Gasteiger partial charge is 0.231 e. The molecule has 0 saturated heterocycles. The van der Waals surface area contributed by atoms with Crippen LogP contribution in [0.1, 0.15) is 5.69 Å². The standard InChI is InChI=1S/C9H5Br2ClN2S/c1-4-7(11)8(12)14-9(13-4)5-2-3-6(10)15-5/h2-3H,1H3. The Balaban J connectivity index is 2.55. The lowest BCUT2D eigenvalue weighted by Crippen LogP contribution is -1.92. The SMILES string of the molecule is Cc1nc(-c2ccc(Br)s2)nc(Cl)c1Br. The minimum absolute atomic E-state index is 0.446. The van der Waals surface area contributed by atoms with Crippen LogP contribution in [0.25, 0.3) is 10.7 Å². The highest BCUT2D eigenvalue weighted by molar-refractivity contribution is 9.11. The van der Waals surface area contributed by atoms with Crippen molar-refractivity contribution in [1.82, 2.24) is 9.97 Å². The van der Waals surface area contributed by atoms with Gasteiger partial charge in [-0.15, -0.1) is 11.3 Å². The maximum absolute atomic E-state index is 5.97. The molecule has 0 atom stereocenters. The highest BCUT2D eigenvalue weighted by Crippen LogP contribution is 2.32. The summed E-state index contributed by atoms with van der Waals surface area (Å²) in [5.41, 5.74) is 0.842. The monoisotopic (exact) mass is 366 g/mol. The molecule has 0 unspecified atom stereocenters. The number of rotatable bonds is 1. The second kappa shape index (κ2) is 4.49. The summed E-state index contributed by atoms with van der Waals surface area (Å²) in [5.74, 6) is 0.663. The lowest BCUT2D eigenvalue weighted by molar-refractivity contribution is 1.10. The first-order valence-electron chi connectivity index (χ1n) is 4.03. The number of aromatic nitrogens is 2. The average molecular weight is 368 g/mol. The minimum Gasteiger partial charge on any atom is -0.231 e. The fraction of sp³-hybridized carbons (Fsp3) is 0.111. The zero-order valence-corrected chi connectivity index (χ0v) is 12.3. The van der Waals surface area contributed by atoms with Crippen LogP contribution in [0.5, 0.6) is 0 Å². The van der Waals surface area contributed by atoms with Gasteiger partial charge in [0.05, 0.1) is 18.8 Å². The van der Waals surface area contributed by atoms with Crippen LogP contribution < -0.4 is 0 Å². The van der Waals surface area contributed by atoms with E-state index in [2.05, 4.69) is 41.8 Å². The fourth-order valence-electron chi connectivity index (χ4n) is 1.07. The lowest BCUT2D eigenvalue weighted by Gasteiger charge is -2.02. The second-order valence-corrected chi connectivity index (χ2v) is 6.46. The number of hydrogen-bond acceptors (Lipinski definition) is 3. The third-order valence-electron chi connectivity index (χ3n) is 1.77. The molecule has 2 rings (SSSR count). The Hall–Kier alpha value is 0.0300. The van der Waals surface area contributed by atoms with Crippen LogP contribution in [0.2, 0.25) is 5.15 Å². The Morgan fingerprint density at radius 3 is 2.53 bits per heavy atom. The van der Waals surface area contributed by atoms with Crippen molar-refractivity contribution in [3.05, 3.63) is 31.2 Å². The first kappa shape index (κ1) is 11.5. The van der Waals surface area contributed by atoms with Crippen molar-refractivity contribution < 1.29 is 0 Å². The highest BCUT2D eigenvalue weighted by Gasteiger charge is 2.10. The molecular weight excluding hydrogens is 363 g/mol. The highest BCUT2D eigenvalue weighted by atomic mass is 79.9. The molecular formula is C9H5Br2ClN2S. The predicted octanol–water partition coefficient (Wildman–Crippen LogP) is 4.69. The topological polar surface area (TPSA) is 25.8 Å². The predicted molar refractivity (Wildman–Crippen MR) is 70.5 cm³/mol. The van der Waals surface area contributed by atoms with Gasteiger partial charge in [0.1, 0.15) is 5.15 Å². The zero-order chi connectivity index (χ0) is 11.0. The summed E-state index contributed by atoms with van der Waals surface area (Å²) in [5, 5.41) is 0.446. The Bertz CT molecular complexity index is 490. The Labute approximate surface area is 113 Å². The molecule has 0 spiro atoms. The summed E-state index contributed by atoms with van der Waals surface area (Å²) in [4.78, 5) is 9.58. The molecule has 0 fully saturated rings. The second-order valence-electron chi connectivity index (χ2n) is 2.84. The molecule has 2 heterocycles. The number of hydrogen-bond donors (Lipinski definition) is 0. The first-order valence-corrected chi connectivity index (χ1v) is 6.81. The minimum atomic E-state index is 0.446. The first-order chi connectivity index (χ1) is 7.08. The molecule has 0 aliphatic heterocycles. The van der Waals surface area contributed by atoms with Gasteiger partial charge < -0.3 is 0 Å². The maximum atomic E-state index is 5.97. The average Bonchev–Trinajstić information content (AvgIpc) is 2.60. The van der Waals surface area contributed by atoms with E-state index in [1.165, 1.54) is 0 Å². The molecule has 78 valence electrons. The third kappa shape index (κ3) is 2.41. The van der Waals surface area contributed by atoms with Crippen LogP contribution in [0.4, 0.5) is 0 Å². The molecule has 0 amide bonds. The molecule has 0 radical (unpaired) electrons. The molecule has 0 bridgehead atoms. The summed E-state index contributed by atoms with van der Waals surface area (Å²) in [6.07, 6.45) is 0. The van der Waals surface area contributed by atoms with Crippen LogP contribution >= 0.6 is 54.8 Å². The summed E-state index contributed by atoms with van der Waals surface area (Å²) in [6, 6.07) is 3.93. The van der Waals surface area contributed by atoms with Gasteiger partial charge in [-0.25, -0.2) is 9.97 Å². The van der Waals surface area contributed by atoms with Gasteiger partial charge in [-0.3, -0.25) is 0 Å². The van der Waals surface area contributed by atoms with E-state index in [0.29, 0.717) is 11.0 Å². The van der Waals surface area contributed by atoms with Crippen molar-refractivity contribution in [2.75, 3.05) is 0 Å². The molecule has 0 aliphatic rings. The van der Waals surface area contributed by atoms with Gasteiger partial charge in [-0.2, -0.15) is 0 Å². The molecule has 0 aromatic carbocycles. The zero-order valence-electron chi connectivity index (χ0n) is 7.59. The van der Waals surface area contributed by atoms with Crippen molar-refractivity contribution in [2.24, 2.45) is 0 Å². The van der Waals surface area contributed by atoms with Crippen molar-refractivity contribution >= 4 is 54.8 Å². The van der Waals surface area contributed by atoms with Gasteiger partial charge in [0.2, 0.25) is 0 Å².